The number of hydrogen-bond acceptors (Lipinski definition) is 4. The first kappa shape index (κ1) is 29.1. The fourth-order valence-corrected chi connectivity index (χ4v) is 4.53. The number of nitrogens with one attached hydrogen (secondary N) is 2. The monoisotopic (exact) mass is 466 g/mol. The Balaban J connectivity index is 3.03. The van der Waals surface area contributed by atoms with Crippen LogP contribution in [0.3, 0.4) is 0 Å². The number of piperidine rings is 1. The van der Waals surface area contributed by atoms with Crippen molar-refractivity contribution in [1.82, 2.24) is 20.4 Å². The Morgan fingerprint density at radius 2 is 1.79 bits per heavy atom. The van der Waals surface area contributed by atoms with Gasteiger partial charge in [-0.15, -0.1) is 0 Å². The average Bonchev–Trinajstić information content (AvgIpc) is 2.77. The summed E-state index contributed by atoms with van der Waals surface area (Å²) in [7, 11) is 1.96. The zero-order chi connectivity index (χ0) is 25.3. The molecule has 1 aliphatic rings. The van der Waals surface area contributed by atoms with Gasteiger partial charge in [-0.3, -0.25) is 14.5 Å². The minimum absolute atomic E-state index is 0.00885. The lowest BCUT2D eigenvalue weighted by Gasteiger charge is -2.41. The summed E-state index contributed by atoms with van der Waals surface area (Å²) < 4.78 is 12.4. The van der Waals surface area contributed by atoms with Gasteiger partial charge in [-0.2, -0.15) is 0 Å². The van der Waals surface area contributed by atoms with Crippen LogP contribution in [0.15, 0.2) is 23.9 Å². The van der Waals surface area contributed by atoms with E-state index in [2.05, 4.69) is 68.6 Å². The summed E-state index contributed by atoms with van der Waals surface area (Å²) in [6.45, 7) is 19.1. The van der Waals surface area contributed by atoms with Crippen molar-refractivity contribution in [2.45, 2.75) is 91.9 Å². The smallest absolute Gasteiger partial charge is 0.246 e. The maximum Gasteiger partial charge on any atom is 0.246 e. The molecule has 0 saturated carbocycles. The third-order valence-corrected chi connectivity index (χ3v) is 6.58. The fraction of sp³-hybridized carbons (Fsp3) is 0.769. The molecule has 33 heavy (non-hydrogen) atoms. The molecule has 0 spiro atoms. The number of carbonyl (C=O) groups excluding carboxylic acids is 2. The Morgan fingerprint density at radius 3 is 2.30 bits per heavy atom. The van der Waals surface area contributed by atoms with E-state index in [0.717, 1.165) is 31.5 Å². The molecule has 2 N–H and O–H groups in total. The van der Waals surface area contributed by atoms with E-state index in [1.807, 2.05) is 13.1 Å². The van der Waals surface area contributed by atoms with Crippen molar-refractivity contribution >= 4 is 11.8 Å². The topological polar surface area (TPSA) is 64.7 Å². The maximum absolute atomic E-state index is 13.3. The van der Waals surface area contributed by atoms with Crippen molar-refractivity contribution in [3.63, 3.8) is 0 Å². The lowest BCUT2D eigenvalue weighted by molar-refractivity contribution is -0.129. The summed E-state index contributed by atoms with van der Waals surface area (Å²) in [5.74, 6) is 0.159. The molecule has 1 heterocycles. The molecule has 0 radical (unpaired) electrons. The summed E-state index contributed by atoms with van der Waals surface area (Å²) in [4.78, 5) is 29.9. The largest absolute Gasteiger partial charge is 0.370 e. The van der Waals surface area contributed by atoms with E-state index >= 15 is 0 Å². The van der Waals surface area contributed by atoms with Gasteiger partial charge in [-0.05, 0) is 52.0 Å². The highest BCUT2D eigenvalue weighted by molar-refractivity contribution is 5.92. The number of nitrogens with zero attached hydrogens (tertiary/aromatic N) is 2. The van der Waals surface area contributed by atoms with E-state index < -0.39 is 6.67 Å². The van der Waals surface area contributed by atoms with Crippen LogP contribution >= 0.6 is 0 Å². The van der Waals surface area contributed by atoms with Crippen LogP contribution in [0.25, 0.3) is 0 Å². The standard InChI is InChI=1S/C26H47FN4O2/c1-17(2)23(16-20(7)25(32)28-14-13-27)30(9)21(8)24(18(3)4)29-26(33)22-12-10-11-15-31(22)19(5)6/h16-19,22-24H,8,10-15H2,1-7,9H3,(H,28,32)(H,29,33)/b20-16+. The van der Waals surface area contributed by atoms with Gasteiger partial charge in [0.25, 0.3) is 0 Å². The van der Waals surface area contributed by atoms with Crippen LogP contribution in [-0.4, -0.2) is 72.6 Å². The Hall–Kier alpha value is -1.89. The molecule has 0 aromatic rings. The third-order valence-electron chi connectivity index (χ3n) is 6.58. The van der Waals surface area contributed by atoms with E-state index in [1.165, 1.54) is 0 Å². The molecule has 3 atom stereocenters. The molecule has 0 aliphatic carbocycles. The Kier molecular flexibility index (Phi) is 12.1. The molecule has 190 valence electrons. The molecule has 1 fully saturated rings. The summed E-state index contributed by atoms with van der Waals surface area (Å²) in [5.41, 5.74) is 1.36. The molecule has 1 aliphatic heterocycles. The molecule has 1 rings (SSSR count). The van der Waals surface area contributed by atoms with E-state index in [0.29, 0.717) is 11.6 Å². The second kappa shape index (κ2) is 13.7. The minimum Gasteiger partial charge on any atom is -0.370 e. The Labute approximate surface area is 201 Å². The number of likely N-dealkylation sites (tertiary alicyclic amines) is 1. The molecule has 0 bridgehead atoms. The van der Waals surface area contributed by atoms with Crippen molar-refractivity contribution < 1.29 is 14.0 Å². The van der Waals surface area contributed by atoms with Gasteiger partial charge in [-0.1, -0.05) is 46.8 Å². The summed E-state index contributed by atoms with van der Waals surface area (Å²) in [5, 5.41) is 5.86. The third kappa shape index (κ3) is 8.43. The summed E-state index contributed by atoms with van der Waals surface area (Å²) in [6, 6.07) is -0.0888. The first-order valence-corrected chi connectivity index (χ1v) is 12.4. The fourth-order valence-electron chi connectivity index (χ4n) is 4.53. The van der Waals surface area contributed by atoms with Gasteiger partial charge in [0.15, 0.2) is 0 Å². The summed E-state index contributed by atoms with van der Waals surface area (Å²) >= 11 is 0. The summed E-state index contributed by atoms with van der Waals surface area (Å²) in [6.07, 6.45) is 4.98. The van der Waals surface area contributed by atoms with Gasteiger partial charge < -0.3 is 15.5 Å². The Bertz CT molecular complexity index is 690. The second-order valence-electron chi connectivity index (χ2n) is 10.2. The van der Waals surface area contributed by atoms with Crippen molar-refractivity contribution in [2.24, 2.45) is 11.8 Å². The van der Waals surface area contributed by atoms with Crippen LogP contribution in [0.2, 0.25) is 0 Å². The maximum atomic E-state index is 13.3. The first-order valence-electron chi connectivity index (χ1n) is 12.4. The van der Waals surface area contributed by atoms with Crippen LogP contribution in [0.4, 0.5) is 4.39 Å². The number of hydrogen-bond donors (Lipinski definition) is 2. The van der Waals surface area contributed by atoms with Gasteiger partial charge in [-0.25, -0.2) is 4.39 Å². The van der Waals surface area contributed by atoms with Gasteiger partial charge in [0.2, 0.25) is 11.8 Å². The molecule has 0 aromatic carbocycles. The SMILES string of the molecule is C=C(C(NC(=O)C1CCCCN1C(C)C)C(C)C)N(C)C(/C=C(\C)C(=O)NCCF)C(C)C. The zero-order valence-electron chi connectivity index (χ0n) is 22.1. The lowest BCUT2D eigenvalue weighted by Crippen LogP contribution is -2.56. The van der Waals surface area contributed by atoms with Gasteiger partial charge in [0.05, 0.1) is 12.1 Å². The van der Waals surface area contributed by atoms with Crippen molar-refractivity contribution in [3.8, 4) is 0 Å². The molecule has 7 heteroatoms. The van der Waals surface area contributed by atoms with Crippen LogP contribution in [0.5, 0.6) is 0 Å². The van der Waals surface area contributed by atoms with Gasteiger partial charge in [0.1, 0.15) is 6.67 Å². The van der Waals surface area contributed by atoms with Crippen molar-refractivity contribution in [3.05, 3.63) is 23.9 Å². The van der Waals surface area contributed by atoms with Crippen LogP contribution in [0, 0.1) is 11.8 Å². The van der Waals surface area contributed by atoms with Crippen LogP contribution in [-0.2, 0) is 9.59 Å². The lowest BCUT2D eigenvalue weighted by atomic mass is 9.94. The van der Waals surface area contributed by atoms with Gasteiger partial charge in [0, 0.05) is 36.9 Å². The molecular weight excluding hydrogens is 419 g/mol. The molecule has 2 amide bonds. The number of rotatable bonds is 12. The second-order valence-corrected chi connectivity index (χ2v) is 10.2. The number of halogens is 1. The van der Waals surface area contributed by atoms with E-state index in [-0.39, 0.29) is 48.3 Å². The predicted octanol–water partition coefficient (Wildman–Crippen LogP) is 3.89. The first-order chi connectivity index (χ1) is 15.4. The molecule has 0 aromatic heterocycles. The van der Waals surface area contributed by atoms with Gasteiger partial charge >= 0.3 is 0 Å². The number of amides is 2. The molecular formula is C26H47FN4O2. The predicted molar refractivity (Wildman–Crippen MR) is 135 cm³/mol. The molecule has 1 saturated heterocycles. The highest BCUT2D eigenvalue weighted by Crippen LogP contribution is 2.24. The quantitative estimate of drug-likeness (QED) is 0.428. The van der Waals surface area contributed by atoms with Crippen molar-refractivity contribution in [1.29, 1.82) is 0 Å². The normalized spacial score (nSPS) is 19.5. The van der Waals surface area contributed by atoms with Crippen molar-refractivity contribution in [2.75, 3.05) is 26.8 Å². The molecule has 3 unspecified atom stereocenters. The highest BCUT2D eigenvalue weighted by atomic mass is 19.1. The van der Waals surface area contributed by atoms with E-state index in [1.54, 1.807) is 6.92 Å². The van der Waals surface area contributed by atoms with E-state index in [9.17, 15) is 14.0 Å². The molecule has 6 nitrogen and oxygen atoms in total. The number of alkyl halides is 1. The Morgan fingerprint density at radius 1 is 1.15 bits per heavy atom. The number of carbonyl (C=O) groups is 2. The average molecular weight is 467 g/mol. The van der Waals surface area contributed by atoms with E-state index in [4.69, 9.17) is 0 Å². The minimum atomic E-state index is -0.589. The highest BCUT2D eigenvalue weighted by Gasteiger charge is 2.33. The zero-order valence-corrected chi connectivity index (χ0v) is 22.1. The van der Waals surface area contributed by atoms with Crippen LogP contribution < -0.4 is 10.6 Å². The van der Waals surface area contributed by atoms with Crippen LogP contribution in [0.1, 0.15) is 67.7 Å². The number of likely N-dealkylation sites (N-methyl/N-ethyl adjacent to an activating group) is 1.